The first-order valence-electron chi connectivity index (χ1n) is 7.34. The molecule has 3 aliphatic rings. The Morgan fingerprint density at radius 2 is 1.72 bits per heavy atom. The van der Waals surface area contributed by atoms with Crippen molar-refractivity contribution in [2.45, 2.75) is 88.8 Å². The van der Waals surface area contributed by atoms with Crippen molar-refractivity contribution in [2.75, 3.05) is 0 Å². The molecule has 2 saturated heterocycles. The second-order valence-corrected chi connectivity index (χ2v) is 7.39. The van der Waals surface area contributed by atoms with Crippen LogP contribution in [0.3, 0.4) is 0 Å². The molecule has 2 heterocycles. The largest absolute Gasteiger partial charge is 0.390 e. The van der Waals surface area contributed by atoms with E-state index in [1.165, 1.54) is 6.42 Å². The van der Waals surface area contributed by atoms with Crippen LogP contribution >= 0.6 is 0 Å². The number of epoxide rings is 2. The molecule has 0 aromatic carbocycles. The van der Waals surface area contributed by atoms with Crippen LogP contribution in [0.25, 0.3) is 0 Å². The van der Waals surface area contributed by atoms with Crippen molar-refractivity contribution in [3.63, 3.8) is 0 Å². The van der Waals surface area contributed by atoms with Gasteiger partial charge in [-0.25, -0.2) is 0 Å². The van der Waals surface area contributed by atoms with Crippen LogP contribution in [0.2, 0.25) is 0 Å². The molecule has 0 radical (unpaired) electrons. The normalized spacial score (nSPS) is 54.2. The molecular formula is C15H26O3. The first-order valence-corrected chi connectivity index (χ1v) is 7.34. The SMILES string of the molecule is CC1(O)CCCCC1C1(C)OC1CC1OC1(C)C. The summed E-state index contributed by atoms with van der Waals surface area (Å²) in [5.74, 6) is 0.283. The lowest BCUT2D eigenvalue weighted by molar-refractivity contribution is -0.0608. The minimum atomic E-state index is -0.554. The highest BCUT2D eigenvalue weighted by Crippen LogP contribution is 2.55. The van der Waals surface area contributed by atoms with E-state index >= 15 is 0 Å². The van der Waals surface area contributed by atoms with Gasteiger partial charge >= 0.3 is 0 Å². The molecule has 1 saturated carbocycles. The van der Waals surface area contributed by atoms with Crippen LogP contribution in [0.4, 0.5) is 0 Å². The van der Waals surface area contributed by atoms with Crippen LogP contribution in [-0.4, -0.2) is 34.1 Å². The van der Waals surface area contributed by atoms with E-state index in [9.17, 15) is 5.11 Å². The van der Waals surface area contributed by atoms with Gasteiger partial charge in [-0.3, -0.25) is 0 Å². The number of hydrogen-bond acceptors (Lipinski definition) is 3. The second kappa shape index (κ2) is 3.71. The molecule has 3 heteroatoms. The smallest absolute Gasteiger partial charge is 0.0976 e. The van der Waals surface area contributed by atoms with E-state index in [4.69, 9.17) is 9.47 Å². The summed E-state index contributed by atoms with van der Waals surface area (Å²) >= 11 is 0. The van der Waals surface area contributed by atoms with Gasteiger partial charge in [-0.05, 0) is 40.5 Å². The minimum absolute atomic E-state index is 0.0436. The molecule has 0 amide bonds. The molecule has 3 nitrogen and oxygen atoms in total. The summed E-state index contributed by atoms with van der Waals surface area (Å²) in [6, 6.07) is 0. The van der Waals surface area contributed by atoms with Crippen molar-refractivity contribution in [3.05, 3.63) is 0 Å². The van der Waals surface area contributed by atoms with Crippen molar-refractivity contribution in [3.8, 4) is 0 Å². The lowest BCUT2D eigenvalue weighted by atomic mass is 9.69. The zero-order valence-electron chi connectivity index (χ0n) is 12.0. The molecule has 2 aliphatic heterocycles. The van der Waals surface area contributed by atoms with Crippen LogP contribution in [0.15, 0.2) is 0 Å². The zero-order chi connectivity index (χ0) is 13.2. The van der Waals surface area contributed by atoms with Crippen LogP contribution < -0.4 is 0 Å². The highest BCUT2D eigenvalue weighted by Gasteiger charge is 2.64. The number of rotatable bonds is 3. The molecule has 18 heavy (non-hydrogen) atoms. The van der Waals surface area contributed by atoms with Crippen LogP contribution in [-0.2, 0) is 9.47 Å². The van der Waals surface area contributed by atoms with E-state index < -0.39 is 5.60 Å². The van der Waals surface area contributed by atoms with E-state index in [2.05, 4.69) is 20.8 Å². The average Bonchev–Trinajstić information content (AvgIpc) is 3.05. The number of hydrogen-bond donors (Lipinski definition) is 1. The maximum atomic E-state index is 10.6. The number of aliphatic hydroxyl groups is 1. The summed E-state index contributed by atoms with van der Waals surface area (Å²) < 4.78 is 11.6. The Bertz CT molecular complexity index is 350. The fraction of sp³-hybridized carbons (Fsp3) is 1.00. The molecule has 0 aromatic heterocycles. The summed E-state index contributed by atoms with van der Waals surface area (Å²) in [4.78, 5) is 0. The predicted octanol–water partition coefficient (Wildman–Crippen LogP) is 2.65. The Balaban J connectivity index is 1.63. The maximum Gasteiger partial charge on any atom is 0.0976 e. The third kappa shape index (κ3) is 2.00. The van der Waals surface area contributed by atoms with Gasteiger partial charge < -0.3 is 14.6 Å². The Labute approximate surface area is 110 Å². The third-order valence-electron chi connectivity index (χ3n) is 5.44. The van der Waals surface area contributed by atoms with Crippen LogP contribution in [0.5, 0.6) is 0 Å². The Kier molecular flexibility index (Phi) is 2.66. The van der Waals surface area contributed by atoms with Gasteiger partial charge in [-0.2, -0.15) is 0 Å². The Morgan fingerprint density at radius 1 is 1.06 bits per heavy atom. The van der Waals surface area contributed by atoms with Gasteiger partial charge in [0.1, 0.15) is 0 Å². The van der Waals surface area contributed by atoms with Gasteiger partial charge in [0.15, 0.2) is 0 Å². The quantitative estimate of drug-likeness (QED) is 0.788. The van der Waals surface area contributed by atoms with Gasteiger partial charge in [-0.1, -0.05) is 12.8 Å². The highest BCUT2D eigenvalue weighted by molar-refractivity contribution is 5.12. The van der Waals surface area contributed by atoms with Gasteiger partial charge in [0.25, 0.3) is 0 Å². The first-order chi connectivity index (χ1) is 8.26. The van der Waals surface area contributed by atoms with E-state index in [0.29, 0.717) is 6.10 Å². The molecule has 1 N–H and O–H groups in total. The Hall–Kier alpha value is -0.120. The fourth-order valence-corrected chi connectivity index (χ4v) is 3.94. The van der Waals surface area contributed by atoms with Gasteiger partial charge in [0.2, 0.25) is 0 Å². The highest BCUT2D eigenvalue weighted by atomic mass is 16.6. The van der Waals surface area contributed by atoms with Gasteiger partial charge in [0, 0.05) is 12.3 Å². The summed E-state index contributed by atoms with van der Waals surface area (Å²) in [7, 11) is 0. The van der Waals surface area contributed by atoms with E-state index in [-0.39, 0.29) is 23.2 Å². The topological polar surface area (TPSA) is 45.3 Å². The molecular weight excluding hydrogens is 228 g/mol. The fourth-order valence-electron chi connectivity index (χ4n) is 3.94. The van der Waals surface area contributed by atoms with Crippen LogP contribution in [0.1, 0.15) is 59.8 Å². The van der Waals surface area contributed by atoms with E-state index in [1.54, 1.807) is 0 Å². The molecule has 5 unspecified atom stereocenters. The molecule has 0 aromatic rings. The Morgan fingerprint density at radius 3 is 2.28 bits per heavy atom. The lowest BCUT2D eigenvalue weighted by Gasteiger charge is -2.39. The predicted molar refractivity (Wildman–Crippen MR) is 69.4 cm³/mol. The molecule has 3 fully saturated rings. The summed E-state index contributed by atoms with van der Waals surface area (Å²) in [6.45, 7) is 8.43. The average molecular weight is 254 g/mol. The van der Waals surface area contributed by atoms with E-state index in [1.807, 2.05) is 6.92 Å². The van der Waals surface area contributed by atoms with Crippen molar-refractivity contribution in [1.29, 1.82) is 0 Å². The van der Waals surface area contributed by atoms with Gasteiger partial charge in [-0.15, -0.1) is 0 Å². The third-order valence-corrected chi connectivity index (χ3v) is 5.44. The maximum absolute atomic E-state index is 10.6. The number of ether oxygens (including phenoxy) is 2. The molecule has 104 valence electrons. The lowest BCUT2D eigenvalue weighted by Crippen LogP contribution is -2.46. The minimum Gasteiger partial charge on any atom is -0.390 e. The monoisotopic (exact) mass is 254 g/mol. The first kappa shape index (κ1) is 12.9. The second-order valence-electron chi connectivity index (χ2n) is 7.39. The van der Waals surface area contributed by atoms with Crippen molar-refractivity contribution in [1.82, 2.24) is 0 Å². The summed E-state index contributed by atoms with van der Waals surface area (Å²) in [6.07, 6.45) is 5.97. The van der Waals surface area contributed by atoms with E-state index in [0.717, 1.165) is 25.7 Å². The van der Waals surface area contributed by atoms with Gasteiger partial charge in [0.05, 0.1) is 29.0 Å². The van der Waals surface area contributed by atoms with Crippen molar-refractivity contribution in [2.24, 2.45) is 5.92 Å². The summed E-state index contributed by atoms with van der Waals surface area (Å²) in [5.41, 5.74) is -0.629. The molecule has 3 rings (SSSR count). The molecule has 5 atom stereocenters. The van der Waals surface area contributed by atoms with Crippen molar-refractivity contribution >= 4 is 0 Å². The standard InChI is InChI=1S/C15H26O3/c1-13(2)11(17-13)9-12-15(4,18-12)10-7-5-6-8-14(10,3)16/h10-12,16H,5-9H2,1-4H3. The zero-order valence-corrected chi connectivity index (χ0v) is 12.0. The molecule has 0 spiro atoms. The van der Waals surface area contributed by atoms with Crippen molar-refractivity contribution < 1.29 is 14.6 Å². The molecule has 1 aliphatic carbocycles. The summed E-state index contributed by atoms with van der Waals surface area (Å²) in [5, 5.41) is 10.6. The molecule has 0 bridgehead atoms. The van der Waals surface area contributed by atoms with Crippen LogP contribution in [0, 0.1) is 5.92 Å².